The highest BCUT2D eigenvalue weighted by Crippen LogP contribution is 2.30. The molecule has 3 rings (SSSR count). The number of rotatable bonds is 2. The molecule has 0 atom stereocenters. The van der Waals surface area contributed by atoms with Crippen LogP contribution in [0.15, 0.2) is 17.5 Å². The highest BCUT2D eigenvalue weighted by Gasteiger charge is 2.21. The number of thiophene rings is 2. The van der Waals surface area contributed by atoms with Crippen LogP contribution >= 0.6 is 22.7 Å². The van der Waals surface area contributed by atoms with Crippen LogP contribution in [0.2, 0.25) is 0 Å². The second-order valence-electron chi connectivity index (χ2n) is 4.84. The Morgan fingerprint density at radius 1 is 1.28 bits per heavy atom. The zero-order chi connectivity index (χ0) is 12.5. The van der Waals surface area contributed by atoms with Gasteiger partial charge in [0.1, 0.15) is 0 Å². The molecule has 96 valence electrons. The van der Waals surface area contributed by atoms with Crippen molar-refractivity contribution >= 4 is 38.0 Å². The first-order valence-corrected chi connectivity index (χ1v) is 7.95. The summed E-state index contributed by atoms with van der Waals surface area (Å²) in [5.74, 6) is 0.0730. The lowest BCUT2D eigenvalue weighted by Crippen LogP contribution is -2.40. The Morgan fingerprint density at radius 2 is 2.06 bits per heavy atom. The summed E-state index contributed by atoms with van der Waals surface area (Å²) in [6, 6.07) is 4.69. The third-order valence-electron chi connectivity index (χ3n) is 3.47. The van der Waals surface area contributed by atoms with Crippen LogP contribution < -0.4 is 11.1 Å². The number of nitrogens with one attached hydrogen (secondary N) is 1. The van der Waals surface area contributed by atoms with Gasteiger partial charge >= 0.3 is 0 Å². The molecule has 0 radical (unpaired) electrons. The summed E-state index contributed by atoms with van der Waals surface area (Å²) in [4.78, 5) is 13.0. The van der Waals surface area contributed by atoms with Crippen LogP contribution in [0.1, 0.15) is 35.4 Å². The highest BCUT2D eigenvalue weighted by atomic mass is 32.1. The molecule has 18 heavy (non-hydrogen) atoms. The van der Waals surface area contributed by atoms with E-state index in [1.54, 1.807) is 22.7 Å². The molecule has 0 aliphatic heterocycles. The van der Waals surface area contributed by atoms with Crippen LogP contribution in [-0.2, 0) is 0 Å². The molecular weight excluding hydrogens is 264 g/mol. The number of nitrogens with two attached hydrogens (primary N) is 1. The smallest absolute Gasteiger partial charge is 0.261 e. The molecule has 2 aromatic heterocycles. The van der Waals surface area contributed by atoms with Crippen molar-refractivity contribution in [1.82, 2.24) is 5.32 Å². The lowest BCUT2D eigenvalue weighted by molar-refractivity contribution is 0.0930. The summed E-state index contributed by atoms with van der Waals surface area (Å²) in [6.45, 7) is 0. The lowest BCUT2D eigenvalue weighted by Gasteiger charge is -2.26. The van der Waals surface area contributed by atoms with Crippen molar-refractivity contribution in [3.63, 3.8) is 0 Å². The molecular formula is C13H16N2OS2. The second kappa shape index (κ2) is 4.99. The topological polar surface area (TPSA) is 55.1 Å². The number of fused-ring (bicyclic) bond motifs is 1. The summed E-state index contributed by atoms with van der Waals surface area (Å²) in [5, 5.41) is 5.19. The number of carbonyl (C=O) groups excluding carboxylic acids is 1. The Morgan fingerprint density at radius 3 is 2.78 bits per heavy atom. The average Bonchev–Trinajstić information content (AvgIpc) is 2.92. The first-order chi connectivity index (χ1) is 8.72. The maximum Gasteiger partial charge on any atom is 0.261 e. The molecule has 1 saturated carbocycles. The van der Waals surface area contributed by atoms with Gasteiger partial charge in [0, 0.05) is 21.5 Å². The van der Waals surface area contributed by atoms with Crippen LogP contribution in [0, 0.1) is 0 Å². The van der Waals surface area contributed by atoms with Gasteiger partial charge in [-0.1, -0.05) is 0 Å². The number of amides is 1. The van der Waals surface area contributed by atoms with E-state index >= 15 is 0 Å². The SMILES string of the molecule is NC1CCC(NC(=O)c2cc3sccc3s2)CC1. The molecule has 0 unspecified atom stereocenters. The van der Waals surface area contributed by atoms with Crippen LogP contribution in [-0.4, -0.2) is 18.0 Å². The van der Waals surface area contributed by atoms with Gasteiger partial charge in [0.05, 0.1) is 4.88 Å². The van der Waals surface area contributed by atoms with Gasteiger partial charge in [-0.15, -0.1) is 22.7 Å². The van der Waals surface area contributed by atoms with Crippen molar-refractivity contribution in [3.05, 3.63) is 22.4 Å². The minimum Gasteiger partial charge on any atom is -0.349 e. The monoisotopic (exact) mass is 280 g/mol. The molecule has 1 amide bonds. The van der Waals surface area contributed by atoms with Crippen molar-refractivity contribution in [2.45, 2.75) is 37.8 Å². The summed E-state index contributed by atoms with van der Waals surface area (Å²) >= 11 is 3.26. The van der Waals surface area contributed by atoms with E-state index in [4.69, 9.17) is 5.73 Å². The van der Waals surface area contributed by atoms with E-state index in [-0.39, 0.29) is 5.91 Å². The fourth-order valence-electron chi connectivity index (χ4n) is 2.40. The predicted octanol–water partition coefficient (Wildman–Crippen LogP) is 2.96. The van der Waals surface area contributed by atoms with Gasteiger partial charge in [-0.3, -0.25) is 4.79 Å². The fourth-order valence-corrected chi connectivity index (χ4v) is 4.41. The van der Waals surface area contributed by atoms with E-state index in [9.17, 15) is 4.79 Å². The molecule has 1 aliphatic carbocycles. The zero-order valence-corrected chi connectivity index (χ0v) is 11.7. The summed E-state index contributed by atoms with van der Waals surface area (Å²) in [7, 11) is 0. The molecule has 0 aromatic carbocycles. The van der Waals surface area contributed by atoms with E-state index < -0.39 is 0 Å². The van der Waals surface area contributed by atoms with Gasteiger partial charge < -0.3 is 11.1 Å². The number of carbonyl (C=O) groups is 1. The Bertz CT molecular complexity index is 524. The van der Waals surface area contributed by atoms with E-state index in [1.807, 2.05) is 6.07 Å². The maximum atomic E-state index is 12.1. The number of hydrogen-bond acceptors (Lipinski definition) is 4. The largest absolute Gasteiger partial charge is 0.349 e. The van der Waals surface area contributed by atoms with E-state index in [0.29, 0.717) is 12.1 Å². The van der Waals surface area contributed by atoms with Gasteiger partial charge in [0.15, 0.2) is 0 Å². The Hall–Kier alpha value is -0.910. The predicted molar refractivity (Wildman–Crippen MR) is 77.4 cm³/mol. The molecule has 3 nitrogen and oxygen atoms in total. The Labute approximate surface area is 114 Å². The molecule has 3 N–H and O–H groups in total. The van der Waals surface area contributed by atoms with Crippen molar-refractivity contribution in [2.24, 2.45) is 5.73 Å². The quantitative estimate of drug-likeness (QED) is 0.888. The van der Waals surface area contributed by atoms with Crippen molar-refractivity contribution in [3.8, 4) is 0 Å². The summed E-state index contributed by atoms with van der Waals surface area (Å²) in [5.41, 5.74) is 5.87. The summed E-state index contributed by atoms with van der Waals surface area (Å²) in [6.07, 6.45) is 4.05. The van der Waals surface area contributed by atoms with Crippen molar-refractivity contribution in [1.29, 1.82) is 0 Å². The van der Waals surface area contributed by atoms with Gasteiger partial charge in [0.2, 0.25) is 0 Å². The van der Waals surface area contributed by atoms with Gasteiger partial charge in [-0.25, -0.2) is 0 Å². The third kappa shape index (κ3) is 2.43. The van der Waals surface area contributed by atoms with Gasteiger partial charge in [-0.2, -0.15) is 0 Å². The third-order valence-corrected chi connectivity index (χ3v) is 5.56. The fraction of sp³-hybridized carbons (Fsp3) is 0.462. The standard InChI is InChI=1S/C13H16N2OS2/c14-8-1-3-9(4-2-8)15-13(16)12-7-11-10(18-12)5-6-17-11/h5-9H,1-4,14H2,(H,15,16). The van der Waals surface area contributed by atoms with Crippen LogP contribution in [0.25, 0.3) is 9.40 Å². The van der Waals surface area contributed by atoms with Gasteiger partial charge in [-0.05, 0) is 43.2 Å². The van der Waals surface area contributed by atoms with E-state index in [1.165, 1.54) is 9.40 Å². The first kappa shape index (κ1) is 12.1. The van der Waals surface area contributed by atoms with E-state index in [2.05, 4.69) is 16.8 Å². The van der Waals surface area contributed by atoms with Crippen LogP contribution in [0.5, 0.6) is 0 Å². The Balaban J connectivity index is 1.66. The summed E-state index contributed by atoms with van der Waals surface area (Å²) < 4.78 is 2.41. The molecule has 5 heteroatoms. The normalized spacial score (nSPS) is 24.3. The van der Waals surface area contributed by atoms with Gasteiger partial charge in [0.25, 0.3) is 5.91 Å². The number of hydrogen-bond donors (Lipinski definition) is 2. The molecule has 0 bridgehead atoms. The van der Waals surface area contributed by atoms with E-state index in [0.717, 1.165) is 30.6 Å². The zero-order valence-electron chi connectivity index (χ0n) is 10.0. The Kier molecular flexibility index (Phi) is 3.37. The highest BCUT2D eigenvalue weighted by molar-refractivity contribution is 7.27. The van der Waals surface area contributed by atoms with Crippen LogP contribution in [0.4, 0.5) is 0 Å². The molecule has 0 saturated heterocycles. The molecule has 2 aromatic rings. The second-order valence-corrected chi connectivity index (χ2v) is 6.88. The maximum absolute atomic E-state index is 12.1. The minimum atomic E-state index is 0.0730. The molecule has 2 heterocycles. The average molecular weight is 280 g/mol. The molecule has 1 fully saturated rings. The molecule has 0 spiro atoms. The molecule has 1 aliphatic rings. The van der Waals surface area contributed by atoms with Crippen molar-refractivity contribution in [2.75, 3.05) is 0 Å². The van der Waals surface area contributed by atoms with Crippen LogP contribution in [0.3, 0.4) is 0 Å². The minimum absolute atomic E-state index is 0.0730. The lowest BCUT2D eigenvalue weighted by atomic mass is 9.92. The van der Waals surface area contributed by atoms with Crippen molar-refractivity contribution < 1.29 is 4.79 Å². The first-order valence-electron chi connectivity index (χ1n) is 6.26.